The van der Waals surface area contributed by atoms with Crippen molar-refractivity contribution in [2.24, 2.45) is 5.73 Å². The molecule has 1 aromatic rings. The van der Waals surface area contributed by atoms with Gasteiger partial charge in [0.05, 0.1) is 5.69 Å². The van der Waals surface area contributed by atoms with E-state index in [1.54, 1.807) is 0 Å². The summed E-state index contributed by atoms with van der Waals surface area (Å²) in [5.41, 5.74) is 9.32. The van der Waals surface area contributed by atoms with E-state index in [4.69, 9.17) is 5.73 Å². The largest absolute Gasteiger partial charge is 0.326 e. The quantitative estimate of drug-likeness (QED) is 0.727. The molecule has 0 saturated heterocycles. The highest BCUT2D eigenvalue weighted by Crippen LogP contribution is 2.35. The standard InChI is InChI=1S/C10H17N3/c1-7-9(6-11)10(13-12-7)8-4-2-3-5-8/h8H,2-6,11H2,1H3,(H,12,13). The van der Waals surface area contributed by atoms with E-state index >= 15 is 0 Å². The Balaban J connectivity index is 2.27. The fraction of sp³-hybridized carbons (Fsp3) is 0.700. The highest BCUT2D eigenvalue weighted by Gasteiger charge is 2.22. The van der Waals surface area contributed by atoms with E-state index in [0.29, 0.717) is 12.5 Å². The number of aromatic nitrogens is 2. The maximum absolute atomic E-state index is 5.70. The molecule has 0 amide bonds. The summed E-state index contributed by atoms with van der Waals surface area (Å²) >= 11 is 0. The summed E-state index contributed by atoms with van der Waals surface area (Å²) in [7, 11) is 0. The molecule has 0 unspecified atom stereocenters. The van der Waals surface area contributed by atoms with Gasteiger partial charge in [0.1, 0.15) is 0 Å². The lowest BCUT2D eigenvalue weighted by Crippen LogP contribution is -2.03. The molecule has 1 aromatic heterocycles. The first-order valence-corrected chi connectivity index (χ1v) is 5.06. The monoisotopic (exact) mass is 179 g/mol. The van der Waals surface area contributed by atoms with Gasteiger partial charge in [-0.3, -0.25) is 5.10 Å². The first kappa shape index (κ1) is 8.75. The molecule has 0 aliphatic heterocycles. The Labute approximate surface area is 78.7 Å². The minimum atomic E-state index is 0.619. The molecule has 3 N–H and O–H groups in total. The Kier molecular flexibility index (Phi) is 2.36. The molecular weight excluding hydrogens is 162 g/mol. The second-order valence-electron chi connectivity index (χ2n) is 3.90. The highest BCUT2D eigenvalue weighted by atomic mass is 15.1. The number of hydrogen-bond acceptors (Lipinski definition) is 2. The Morgan fingerprint density at radius 1 is 1.46 bits per heavy atom. The molecule has 2 rings (SSSR count). The van der Waals surface area contributed by atoms with Gasteiger partial charge < -0.3 is 5.73 Å². The summed E-state index contributed by atoms with van der Waals surface area (Å²) in [6, 6.07) is 0. The number of rotatable bonds is 2. The van der Waals surface area contributed by atoms with E-state index in [1.165, 1.54) is 36.9 Å². The average Bonchev–Trinajstić information content (AvgIpc) is 2.71. The zero-order valence-electron chi connectivity index (χ0n) is 8.14. The van der Waals surface area contributed by atoms with Gasteiger partial charge in [0.15, 0.2) is 0 Å². The fourth-order valence-corrected chi connectivity index (χ4v) is 2.27. The molecule has 1 saturated carbocycles. The summed E-state index contributed by atoms with van der Waals surface area (Å²) in [6.07, 6.45) is 5.27. The van der Waals surface area contributed by atoms with Crippen LogP contribution >= 0.6 is 0 Å². The van der Waals surface area contributed by atoms with Crippen LogP contribution in [0.2, 0.25) is 0 Å². The van der Waals surface area contributed by atoms with Crippen molar-refractivity contribution in [3.05, 3.63) is 17.0 Å². The van der Waals surface area contributed by atoms with E-state index in [9.17, 15) is 0 Å². The van der Waals surface area contributed by atoms with E-state index in [-0.39, 0.29) is 0 Å². The van der Waals surface area contributed by atoms with Crippen molar-refractivity contribution in [1.82, 2.24) is 10.2 Å². The Morgan fingerprint density at radius 3 is 2.77 bits per heavy atom. The van der Waals surface area contributed by atoms with Crippen LogP contribution in [-0.2, 0) is 6.54 Å². The topological polar surface area (TPSA) is 54.7 Å². The van der Waals surface area contributed by atoms with Crippen molar-refractivity contribution in [2.45, 2.75) is 45.1 Å². The second kappa shape index (κ2) is 3.50. The molecule has 0 spiro atoms. The zero-order valence-corrected chi connectivity index (χ0v) is 8.14. The number of nitrogens with one attached hydrogen (secondary N) is 1. The first-order valence-electron chi connectivity index (χ1n) is 5.06. The van der Waals surface area contributed by atoms with Gasteiger partial charge in [0.25, 0.3) is 0 Å². The molecule has 0 atom stereocenters. The van der Waals surface area contributed by atoms with Crippen LogP contribution in [0.4, 0.5) is 0 Å². The van der Waals surface area contributed by atoms with E-state index in [0.717, 1.165) is 5.69 Å². The predicted molar refractivity (Wildman–Crippen MR) is 52.4 cm³/mol. The number of aryl methyl sites for hydroxylation is 1. The molecule has 1 heterocycles. The highest BCUT2D eigenvalue weighted by molar-refractivity contribution is 5.27. The third-order valence-electron chi connectivity index (χ3n) is 3.05. The zero-order chi connectivity index (χ0) is 9.26. The minimum Gasteiger partial charge on any atom is -0.326 e. The average molecular weight is 179 g/mol. The van der Waals surface area contributed by atoms with Gasteiger partial charge in [0, 0.05) is 23.7 Å². The third-order valence-corrected chi connectivity index (χ3v) is 3.05. The van der Waals surface area contributed by atoms with Crippen molar-refractivity contribution in [3.8, 4) is 0 Å². The lowest BCUT2D eigenvalue weighted by molar-refractivity contribution is 0.684. The molecule has 13 heavy (non-hydrogen) atoms. The van der Waals surface area contributed by atoms with Crippen LogP contribution in [0.3, 0.4) is 0 Å². The number of H-pyrrole nitrogens is 1. The van der Waals surface area contributed by atoms with Gasteiger partial charge in [-0.2, -0.15) is 5.10 Å². The van der Waals surface area contributed by atoms with E-state index in [1.807, 2.05) is 6.92 Å². The predicted octanol–water partition coefficient (Wildman–Crippen LogP) is 1.83. The van der Waals surface area contributed by atoms with Crippen LogP contribution in [-0.4, -0.2) is 10.2 Å². The van der Waals surface area contributed by atoms with Crippen LogP contribution in [0, 0.1) is 6.92 Å². The van der Waals surface area contributed by atoms with E-state index in [2.05, 4.69) is 10.2 Å². The number of hydrogen-bond donors (Lipinski definition) is 2. The molecule has 1 fully saturated rings. The summed E-state index contributed by atoms with van der Waals surface area (Å²) < 4.78 is 0. The van der Waals surface area contributed by atoms with Gasteiger partial charge >= 0.3 is 0 Å². The van der Waals surface area contributed by atoms with Crippen molar-refractivity contribution < 1.29 is 0 Å². The van der Waals surface area contributed by atoms with Crippen LogP contribution in [0.5, 0.6) is 0 Å². The normalized spacial score (nSPS) is 18.3. The summed E-state index contributed by atoms with van der Waals surface area (Å²) in [6.45, 7) is 2.67. The molecule has 0 aromatic carbocycles. The van der Waals surface area contributed by atoms with Crippen LogP contribution in [0.25, 0.3) is 0 Å². The Morgan fingerprint density at radius 2 is 2.15 bits per heavy atom. The van der Waals surface area contributed by atoms with Gasteiger partial charge in [-0.1, -0.05) is 12.8 Å². The fourth-order valence-electron chi connectivity index (χ4n) is 2.27. The van der Waals surface area contributed by atoms with Crippen molar-refractivity contribution in [3.63, 3.8) is 0 Å². The van der Waals surface area contributed by atoms with Gasteiger partial charge in [-0.25, -0.2) is 0 Å². The van der Waals surface area contributed by atoms with Gasteiger partial charge in [-0.15, -0.1) is 0 Å². The molecule has 1 aliphatic rings. The Bertz CT molecular complexity index is 284. The molecule has 1 aliphatic carbocycles. The third kappa shape index (κ3) is 1.48. The SMILES string of the molecule is Cc1[nH]nc(C2CCCC2)c1CN. The van der Waals surface area contributed by atoms with Crippen LogP contribution < -0.4 is 5.73 Å². The van der Waals surface area contributed by atoms with Crippen LogP contribution in [0.1, 0.15) is 48.6 Å². The van der Waals surface area contributed by atoms with Gasteiger partial charge in [0.2, 0.25) is 0 Å². The van der Waals surface area contributed by atoms with Crippen molar-refractivity contribution in [1.29, 1.82) is 0 Å². The number of nitrogens with zero attached hydrogens (tertiary/aromatic N) is 1. The Hall–Kier alpha value is -0.830. The lowest BCUT2D eigenvalue weighted by atomic mass is 9.99. The lowest BCUT2D eigenvalue weighted by Gasteiger charge is -2.07. The molecule has 3 nitrogen and oxygen atoms in total. The summed E-state index contributed by atoms with van der Waals surface area (Å²) in [5.74, 6) is 0.670. The van der Waals surface area contributed by atoms with Crippen molar-refractivity contribution in [2.75, 3.05) is 0 Å². The number of aromatic amines is 1. The molecule has 72 valence electrons. The smallest absolute Gasteiger partial charge is 0.0700 e. The number of nitrogens with two attached hydrogens (primary N) is 1. The molecule has 0 radical (unpaired) electrons. The molecular formula is C10H17N3. The van der Waals surface area contributed by atoms with E-state index < -0.39 is 0 Å². The summed E-state index contributed by atoms with van der Waals surface area (Å²) in [5, 5.41) is 7.40. The second-order valence-corrected chi connectivity index (χ2v) is 3.90. The van der Waals surface area contributed by atoms with Crippen LogP contribution in [0.15, 0.2) is 0 Å². The van der Waals surface area contributed by atoms with Gasteiger partial charge in [-0.05, 0) is 19.8 Å². The maximum Gasteiger partial charge on any atom is 0.0700 e. The molecule has 0 bridgehead atoms. The van der Waals surface area contributed by atoms with Crippen molar-refractivity contribution >= 4 is 0 Å². The first-order chi connectivity index (χ1) is 6.33. The molecule has 3 heteroatoms. The summed E-state index contributed by atoms with van der Waals surface area (Å²) in [4.78, 5) is 0. The maximum atomic E-state index is 5.70. The minimum absolute atomic E-state index is 0.619.